The van der Waals surface area contributed by atoms with E-state index < -0.39 is 0 Å². The summed E-state index contributed by atoms with van der Waals surface area (Å²) in [5.74, 6) is 0.191. The lowest BCUT2D eigenvalue weighted by Gasteiger charge is -2.09. The highest BCUT2D eigenvalue weighted by molar-refractivity contribution is 5.87. The number of H-pyrrole nitrogens is 1. The van der Waals surface area contributed by atoms with E-state index in [9.17, 15) is 9.90 Å². The summed E-state index contributed by atoms with van der Waals surface area (Å²) >= 11 is 0. The first kappa shape index (κ1) is 14.3. The molecule has 0 bridgehead atoms. The summed E-state index contributed by atoms with van der Waals surface area (Å²) < 4.78 is 1.52. The number of rotatable bonds is 3. The van der Waals surface area contributed by atoms with Gasteiger partial charge in [0.25, 0.3) is 5.56 Å². The second-order valence-electron chi connectivity index (χ2n) is 5.73. The summed E-state index contributed by atoms with van der Waals surface area (Å²) in [6.07, 6.45) is 1.71. The Hall–Kier alpha value is -3.27. The molecule has 0 aliphatic carbocycles. The lowest BCUT2D eigenvalue weighted by Crippen LogP contribution is -2.18. The molecule has 0 fully saturated rings. The average Bonchev–Trinajstić information content (AvgIpc) is 2.99. The molecule has 0 spiro atoms. The number of fused-ring (bicyclic) bond motifs is 1. The second-order valence-corrected chi connectivity index (χ2v) is 5.73. The van der Waals surface area contributed by atoms with Crippen LogP contribution in [-0.2, 0) is 6.54 Å². The Kier molecular flexibility index (Phi) is 3.43. The first-order valence-corrected chi connectivity index (χ1v) is 7.77. The van der Waals surface area contributed by atoms with Crippen molar-refractivity contribution >= 4 is 10.8 Å². The summed E-state index contributed by atoms with van der Waals surface area (Å²) in [7, 11) is 0. The largest absolute Gasteiger partial charge is 0.508 e. The van der Waals surface area contributed by atoms with E-state index in [4.69, 9.17) is 0 Å². The molecule has 118 valence electrons. The van der Waals surface area contributed by atoms with Crippen molar-refractivity contribution in [1.29, 1.82) is 0 Å². The maximum absolute atomic E-state index is 12.7. The molecule has 0 saturated heterocycles. The number of benzene rings is 3. The number of nitrogens with zero attached hydrogens (tertiary/aromatic N) is 1. The molecule has 0 saturated carbocycles. The highest BCUT2D eigenvalue weighted by atomic mass is 16.3. The second kappa shape index (κ2) is 5.74. The van der Waals surface area contributed by atoms with Crippen molar-refractivity contribution in [2.75, 3.05) is 0 Å². The van der Waals surface area contributed by atoms with Gasteiger partial charge in [-0.15, -0.1) is 0 Å². The van der Waals surface area contributed by atoms with Gasteiger partial charge in [0.15, 0.2) is 0 Å². The minimum Gasteiger partial charge on any atom is -0.508 e. The Morgan fingerprint density at radius 1 is 0.917 bits per heavy atom. The fourth-order valence-corrected chi connectivity index (χ4v) is 3.00. The SMILES string of the molecule is O=c1c(-c2ccccc2)c[nH]n1Cc1c(O)ccc2ccccc12. The minimum atomic E-state index is -0.103. The number of hydrogen-bond donors (Lipinski definition) is 2. The van der Waals surface area contributed by atoms with Crippen molar-refractivity contribution in [1.82, 2.24) is 9.78 Å². The van der Waals surface area contributed by atoms with Gasteiger partial charge in [0, 0.05) is 11.8 Å². The van der Waals surface area contributed by atoms with Gasteiger partial charge in [-0.3, -0.25) is 4.79 Å². The lowest BCUT2D eigenvalue weighted by molar-refractivity contribution is 0.464. The van der Waals surface area contributed by atoms with Gasteiger partial charge >= 0.3 is 0 Å². The Labute approximate surface area is 138 Å². The third-order valence-electron chi connectivity index (χ3n) is 4.26. The van der Waals surface area contributed by atoms with Crippen molar-refractivity contribution in [2.24, 2.45) is 0 Å². The van der Waals surface area contributed by atoms with Gasteiger partial charge in [-0.05, 0) is 22.4 Å². The predicted molar refractivity (Wildman–Crippen MR) is 95.2 cm³/mol. The molecule has 0 aliphatic heterocycles. The summed E-state index contributed by atoms with van der Waals surface area (Å²) in [5.41, 5.74) is 2.13. The number of phenols is 1. The standard InChI is InChI=1S/C20H16N2O2/c23-19-11-10-15-8-4-5-9-16(15)18(19)13-22-20(24)17(12-21-22)14-6-2-1-3-7-14/h1-12,21,23H,13H2. The summed E-state index contributed by atoms with van der Waals surface area (Å²) in [6.45, 7) is 0.291. The van der Waals surface area contributed by atoms with E-state index in [-0.39, 0.29) is 11.3 Å². The predicted octanol–water partition coefficient (Wildman–Crippen LogP) is 3.75. The molecule has 3 aromatic carbocycles. The van der Waals surface area contributed by atoms with E-state index in [0.29, 0.717) is 12.1 Å². The molecule has 1 heterocycles. The third kappa shape index (κ3) is 2.38. The molecule has 0 unspecified atom stereocenters. The van der Waals surface area contributed by atoms with E-state index >= 15 is 0 Å². The van der Waals surface area contributed by atoms with Gasteiger partial charge in [-0.1, -0.05) is 60.7 Å². The van der Waals surface area contributed by atoms with Gasteiger partial charge in [0.1, 0.15) is 5.75 Å². The van der Waals surface area contributed by atoms with Crippen molar-refractivity contribution < 1.29 is 5.11 Å². The van der Waals surface area contributed by atoms with E-state index in [0.717, 1.165) is 21.9 Å². The van der Waals surface area contributed by atoms with Crippen molar-refractivity contribution in [3.8, 4) is 16.9 Å². The van der Waals surface area contributed by atoms with E-state index in [1.807, 2.05) is 60.7 Å². The third-order valence-corrected chi connectivity index (χ3v) is 4.26. The molecule has 1 aromatic heterocycles. The molecule has 24 heavy (non-hydrogen) atoms. The van der Waals surface area contributed by atoms with Crippen molar-refractivity contribution in [3.05, 3.63) is 88.8 Å². The number of aromatic nitrogens is 2. The van der Waals surface area contributed by atoms with Gasteiger partial charge < -0.3 is 10.2 Å². The monoisotopic (exact) mass is 316 g/mol. The van der Waals surface area contributed by atoms with Crippen LogP contribution in [0, 0.1) is 0 Å². The Balaban J connectivity index is 1.79. The van der Waals surface area contributed by atoms with Crippen molar-refractivity contribution in [3.63, 3.8) is 0 Å². The first-order valence-electron chi connectivity index (χ1n) is 7.77. The topological polar surface area (TPSA) is 58.0 Å². The maximum Gasteiger partial charge on any atom is 0.274 e. The van der Waals surface area contributed by atoms with Gasteiger partial charge in [-0.2, -0.15) is 0 Å². The Morgan fingerprint density at radius 2 is 1.67 bits per heavy atom. The van der Waals surface area contributed by atoms with Crippen LogP contribution in [0.2, 0.25) is 0 Å². The quantitative estimate of drug-likeness (QED) is 0.605. The number of nitrogens with one attached hydrogen (secondary N) is 1. The van der Waals surface area contributed by atoms with Crippen molar-refractivity contribution in [2.45, 2.75) is 6.54 Å². The van der Waals surface area contributed by atoms with Crippen LogP contribution in [-0.4, -0.2) is 14.9 Å². The van der Waals surface area contributed by atoms with Crippen LogP contribution in [0.25, 0.3) is 21.9 Å². The number of hydrogen-bond acceptors (Lipinski definition) is 2. The number of aromatic amines is 1. The smallest absolute Gasteiger partial charge is 0.274 e. The molecule has 0 atom stereocenters. The molecular weight excluding hydrogens is 300 g/mol. The summed E-state index contributed by atoms with van der Waals surface area (Å²) in [5, 5.41) is 15.2. The molecule has 2 N–H and O–H groups in total. The molecule has 0 amide bonds. The number of phenolic OH excluding ortho intramolecular Hbond substituents is 1. The molecule has 0 radical (unpaired) electrons. The minimum absolute atomic E-state index is 0.103. The molecule has 4 heteroatoms. The number of aromatic hydroxyl groups is 1. The fourth-order valence-electron chi connectivity index (χ4n) is 3.00. The van der Waals surface area contributed by atoms with E-state index in [2.05, 4.69) is 5.10 Å². The first-order chi connectivity index (χ1) is 11.7. The normalized spacial score (nSPS) is 11.0. The van der Waals surface area contributed by atoms with E-state index in [1.165, 1.54) is 4.68 Å². The molecule has 0 aliphatic rings. The van der Waals surface area contributed by atoms with Gasteiger partial charge in [0.2, 0.25) is 0 Å². The van der Waals surface area contributed by atoms with Crippen LogP contribution in [0.4, 0.5) is 0 Å². The Morgan fingerprint density at radius 3 is 2.50 bits per heavy atom. The maximum atomic E-state index is 12.7. The highest BCUT2D eigenvalue weighted by Gasteiger charge is 2.12. The van der Waals surface area contributed by atoms with Crippen LogP contribution in [0.15, 0.2) is 77.7 Å². The lowest BCUT2D eigenvalue weighted by atomic mass is 10.0. The molecular formula is C20H16N2O2. The van der Waals surface area contributed by atoms with E-state index in [1.54, 1.807) is 12.3 Å². The van der Waals surface area contributed by atoms with Gasteiger partial charge in [0.05, 0.1) is 12.1 Å². The summed E-state index contributed by atoms with van der Waals surface area (Å²) in [4.78, 5) is 12.7. The zero-order chi connectivity index (χ0) is 16.5. The Bertz CT molecular complexity index is 1060. The average molecular weight is 316 g/mol. The van der Waals surface area contributed by atoms with Crippen LogP contribution in [0.3, 0.4) is 0 Å². The van der Waals surface area contributed by atoms with Crippen LogP contribution >= 0.6 is 0 Å². The zero-order valence-electron chi connectivity index (χ0n) is 12.9. The van der Waals surface area contributed by atoms with Gasteiger partial charge in [-0.25, -0.2) is 4.68 Å². The zero-order valence-corrected chi connectivity index (χ0v) is 12.9. The van der Waals surface area contributed by atoms with Crippen LogP contribution in [0.5, 0.6) is 5.75 Å². The summed E-state index contributed by atoms with van der Waals surface area (Å²) in [6, 6.07) is 20.9. The molecule has 4 rings (SSSR count). The highest BCUT2D eigenvalue weighted by Crippen LogP contribution is 2.27. The van der Waals surface area contributed by atoms with Crippen LogP contribution < -0.4 is 5.56 Å². The van der Waals surface area contributed by atoms with Crippen LogP contribution in [0.1, 0.15) is 5.56 Å². The molecule has 4 nitrogen and oxygen atoms in total. The molecule has 4 aromatic rings. The fraction of sp³-hybridized carbons (Fsp3) is 0.0500.